The molecular formula is C2H4NaO3. The molecule has 0 saturated heterocycles. The minimum Gasteiger partial charge on any atom is -0.870 e. The Bertz CT molecular complexity index is 22.8. The Balaban J connectivity index is -0.0000000450. The molecule has 0 heterocycles. The van der Waals surface area contributed by atoms with Crippen LogP contribution in [0.4, 0.5) is 0 Å². The molecule has 0 amide bonds. The second-order valence-corrected chi connectivity index (χ2v) is 0.263. The molecule has 0 aliphatic rings. The normalized spacial score (nSPS) is 3.50. The van der Waals surface area contributed by atoms with Gasteiger partial charge in [-0.1, -0.05) is 0 Å². The van der Waals surface area contributed by atoms with E-state index in [1.165, 1.54) is 0 Å². The first kappa shape index (κ1) is 16.1. The third-order valence-electron chi connectivity index (χ3n) is 0.0680. The molecule has 0 aliphatic heterocycles. The van der Waals surface area contributed by atoms with Crippen LogP contribution >= 0.6 is 0 Å². The third-order valence-corrected chi connectivity index (χ3v) is 0.0680. The molecule has 1 radical (unpaired) electrons. The van der Waals surface area contributed by atoms with Crippen LogP contribution in [0, 0.1) is 7.11 Å². The summed E-state index contributed by atoms with van der Waals surface area (Å²) in [6, 6.07) is 0. The second-order valence-electron chi connectivity index (χ2n) is 0.263. The third kappa shape index (κ3) is 25.5. The average molecular weight is 99.0 g/mol. The maximum atomic E-state index is 8.89. The van der Waals surface area contributed by atoms with Crippen LogP contribution < -0.4 is 29.6 Å². The first-order chi connectivity index (χ1) is 1.91. The first-order valence-electron chi connectivity index (χ1n) is 0.760. The summed E-state index contributed by atoms with van der Waals surface area (Å²) < 4.78 is 3.61. The van der Waals surface area contributed by atoms with Gasteiger partial charge in [0, 0.05) is 0 Å². The Labute approximate surface area is 58.3 Å². The van der Waals surface area contributed by atoms with Crippen LogP contribution in [-0.4, -0.2) is 11.9 Å². The van der Waals surface area contributed by atoms with Crippen molar-refractivity contribution in [2.75, 3.05) is 0 Å². The van der Waals surface area contributed by atoms with Crippen molar-refractivity contribution in [3.05, 3.63) is 7.11 Å². The maximum absolute atomic E-state index is 8.89. The summed E-state index contributed by atoms with van der Waals surface area (Å²) in [4.78, 5) is 8.89. The monoisotopic (exact) mass is 99.0 g/mol. The van der Waals surface area contributed by atoms with E-state index in [0.717, 1.165) is 0 Å². The van der Waals surface area contributed by atoms with Gasteiger partial charge in [0.1, 0.15) is 7.11 Å². The first-order valence-corrected chi connectivity index (χ1v) is 0.760. The summed E-state index contributed by atoms with van der Waals surface area (Å²) in [5, 5.41) is 0. The van der Waals surface area contributed by atoms with Crippen molar-refractivity contribution in [1.29, 1.82) is 0 Å². The predicted octanol–water partition coefficient (Wildman–Crippen LogP) is -3.22. The fourth-order valence-electron chi connectivity index (χ4n) is 0. The van der Waals surface area contributed by atoms with Crippen molar-refractivity contribution < 1.29 is 44.6 Å². The Morgan fingerprint density at radius 3 is 1.83 bits per heavy atom. The number of carbonyl (C=O) groups excluding carboxylic acids is 1. The summed E-state index contributed by atoms with van der Waals surface area (Å²) >= 11 is 0. The van der Waals surface area contributed by atoms with Gasteiger partial charge in [0.25, 0.3) is 6.47 Å². The fourth-order valence-corrected chi connectivity index (χ4v) is 0. The van der Waals surface area contributed by atoms with E-state index in [1.807, 2.05) is 0 Å². The Morgan fingerprint density at radius 2 is 1.83 bits per heavy atom. The number of hydrogen-bond donors (Lipinski definition) is 0. The van der Waals surface area contributed by atoms with Gasteiger partial charge in [0.05, 0.1) is 0 Å². The minimum absolute atomic E-state index is 0. The molecule has 0 rings (SSSR count). The zero-order valence-corrected chi connectivity index (χ0v) is 5.55. The summed E-state index contributed by atoms with van der Waals surface area (Å²) in [5.41, 5.74) is 0. The topological polar surface area (TPSA) is 56.3 Å². The number of rotatable bonds is 1. The van der Waals surface area contributed by atoms with Crippen LogP contribution in [-0.2, 0) is 9.53 Å². The van der Waals surface area contributed by atoms with Gasteiger partial charge in [-0.3, -0.25) is 4.79 Å². The van der Waals surface area contributed by atoms with E-state index in [0.29, 0.717) is 0 Å². The van der Waals surface area contributed by atoms with Gasteiger partial charge in [0.15, 0.2) is 0 Å². The Kier molecular flexibility index (Phi) is 48.5. The number of carbonyl (C=O) groups is 1. The van der Waals surface area contributed by atoms with Gasteiger partial charge in [0.2, 0.25) is 0 Å². The van der Waals surface area contributed by atoms with Gasteiger partial charge >= 0.3 is 29.6 Å². The van der Waals surface area contributed by atoms with E-state index in [2.05, 4.69) is 11.8 Å². The molecule has 0 atom stereocenters. The van der Waals surface area contributed by atoms with Gasteiger partial charge < -0.3 is 10.2 Å². The molecule has 0 fully saturated rings. The molecule has 0 aliphatic carbocycles. The molecule has 0 unspecified atom stereocenters. The van der Waals surface area contributed by atoms with Crippen molar-refractivity contribution in [3.8, 4) is 0 Å². The second kappa shape index (κ2) is 18.0. The van der Waals surface area contributed by atoms with E-state index in [4.69, 9.17) is 4.79 Å². The van der Waals surface area contributed by atoms with Gasteiger partial charge in [-0.15, -0.1) is 0 Å². The molecule has 4 heteroatoms. The molecule has 0 aromatic heterocycles. The van der Waals surface area contributed by atoms with Crippen molar-refractivity contribution in [3.63, 3.8) is 0 Å². The molecule has 6 heavy (non-hydrogen) atoms. The Hall–Kier alpha value is 0.430. The van der Waals surface area contributed by atoms with Crippen LogP contribution in [0.25, 0.3) is 0 Å². The molecule has 0 saturated carbocycles. The quantitative estimate of drug-likeness (QED) is 0.256. The smallest absolute Gasteiger partial charge is 0.870 e. The molecule has 3 nitrogen and oxygen atoms in total. The van der Waals surface area contributed by atoms with E-state index in [-0.39, 0.29) is 41.5 Å². The molecule has 31 valence electrons. The SMILES string of the molecule is [CH2]OC=O.[Na+].[OH-]. The van der Waals surface area contributed by atoms with Crippen LogP contribution in [0.5, 0.6) is 0 Å². The van der Waals surface area contributed by atoms with Crippen molar-refractivity contribution in [1.82, 2.24) is 0 Å². The van der Waals surface area contributed by atoms with Crippen LogP contribution in [0.15, 0.2) is 0 Å². The van der Waals surface area contributed by atoms with E-state index in [9.17, 15) is 0 Å². The van der Waals surface area contributed by atoms with Crippen LogP contribution in [0.3, 0.4) is 0 Å². The summed E-state index contributed by atoms with van der Waals surface area (Å²) in [5.74, 6) is 0. The summed E-state index contributed by atoms with van der Waals surface area (Å²) in [6.07, 6.45) is 0. The molecule has 1 N–H and O–H groups in total. The molecule has 0 bridgehead atoms. The molecule has 0 spiro atoms. The minimum atomic E-state index is 0. The van der Waals surface area contributed by atoms with Gasteiger partial charge in [-0.25, -0.2) is 0 Å². The van der Waals surface area contributed by atoms with E-state index >= 15 is 0 Å². The standard InChI is InChI=1S/C2H3O2.Na.H2O/c1-4-2-3;;/h2H,1H2;;1H2/q;+1;/p-1. The summed E-state index contributed by atoms with van der Waals surface area (Å²) in [7, 11) is 2.74. The van der Waals surface area contributed by atoms with E-state index in [1.54, 1.807) is 0 Å². The zero-order valence-electron chi connectivity index (χ0n) is 3.55. The average Bonchev–Trinajstić information content (AvgIpc) is 1.37. The zero-order chi connectivity index (χ0) is 3.41. The predicted molar refractivity (Wildman–Crippen MR) is 14.4 cm³/mol. The van der Waals surface area contributed by atoms with Gasteiger partial charge in [-0.2, -0.15) is 0 Å². The molecule has 0 aromatic rings. The van der Waals surface area contributed by atoms with Crippen molar-refractivity contribution in [2.45, 2.75) is 0 Å². The maximum Gasteiger partial charge on any atom is 1.00 e. The van der Waals surface area contributed by atoms with Gasteiger partial charge in [-0.05, 0) is 0 Å². The molecular weight excluding hydrogens is 95.0 g/mol. The van der Waals surface area contributed by atoms with Crippen molar-refractivity contribution in [2.24, 2.45) is 0 Å². The summed E-state index contributed by atoms with van der Waals surface area (Å²) in [6.45, 7) is 0.264. The van der Waals surface area contributed by atoms with Crippen LogP contribution in [0.1, 0.15) is 0 Å². The number of ether oxygens (including phenoxy) is 1. The largest absolute Gasteiger partial charge is 1.00 e. The van der Waals surface area contributed by atoms with E-state index < -0.39 is 0 Å². The number of hydrogen-bond acceptors (Lipinski definition) is 3. The fraction of sp³-hybridized carbons (Fsp3) is 0. The van der Waals surface area contributed by atoms with Crippen LogP contribution in [0.2, 0.25) is 0 Å². The molecule has 0 aromatic carbocycles. The Morgan fingerprint density at radius 1 is 1.67 bits per heavy atom. The van der Waals surface area contributed by atoms with Crippen molar-refractivity contribution >= 4 is 6.47 Å².